The van der Waals surface area contributed by atoms with Gasteiger partial charge in [0.05, 0.1) is 14.2 Å². The monoisotopic (exact) mass is 188 g/mol. The van der Waals surface area contributed by atoms with Crippen LogP contribution < -0.4 is 0 Å². The SMILES string of the molecule is CCC(O)C[Si](CC)(CC)CC. The molecule has 12 heavy (non-hydrogen) atoms. The molecule has 0 aromatic carbocycles. The van der Waals surface area contributed by atoms with Gasteiger partial charge in [-0.25, -0.2) is 0 Å². The summed E-state index contributed by atoms with van der Waals surface area (Å²) in [6.45, 7) is 8.95. The minimum Gasteiger partial charge on any atom is -0.393 e. The maximum Gasteiger partial charge on any atom is 0.0553 e. The van der Waals surface area contributed by atoms with Crippen LogP contribution in [0.1, 0.15) is 34.1 Å². The minimum atomic E-state index is -1.05. The zero-order chi connectivity index (χ0) is 9.61. The predicted molar refractivity (Wildman–Crippen MR) is 58.3 cm³/mol. The lowest BCUT2D eigenvalue weighted by Crippen LogP contribution is -2.35. The Hall–Kier alpha value is 0.177. The maximum atomic E-state index is 9.62. The molecule has 0 spiro atoms. The van der Waals surface area contributed by atoms with Crippen molar-refractivity contribution in [3.63, 3.8) is 0 Å². The first-order valence-electron chi connectivity index (χ1n) is 5.32. The molecular weight excluding hydrogens is 164 g/mol. The van der Waals surface area contributed by atoms with Gasteiger partial charge in [-0.15, -0.1) is 0 Å². The molecule has 0 rings (SSSR count). The smallest absolute Gasteiger partial charge is 0.0553 e. The normalized spacial score (nSPS) is 14.8. The van der Waals surface area contributed by atoms with Crippen molar-refractivity contribution in [3.05, 3.63) is 0 Å². The Morgan fingerprint density at radius 2 is 1.42 bits per heavy atom. The van der Waals surface area contributed by atoms with E-state index in [9.17, 15) is 5.11 Å². The van der Waals surface area contributed by atoms with Crippen molar-refractivity contribution in [2.45, 2.75) is 64.4 Å². The van der Waals surface area contributed by atoms with Crippen molar-refractivity contribution >= 4 is 8.07 Å². The molecule has 1 unspecified atom stereocenters. The molecule has 0 amide bonds. The van der Waals surface area contributed by atoms with Crippen LogP contribution in [0, 0.1) is 0 Å². The summed E-state index contributed by atoms with van der Waals surface area (Å²) in [5.41, 5.74) is 0. The second kappa shape index (κ2) is 5.76. The number of rotatable bonds is 6. The van der Waals surface area contributed by atoms with Gasteiger partial charge in [-0.05, 0) is 12.5 Å². The highest BCUT2D eigenvalue weighted by Crippen LogP contribution is 2.27. The fourth-order valence-electron chi connectivity index (χ4n) is 1.83. The number of hydrogen-bond acceptors (Lipinski definition) is 1. The fourth-order valence-corrected chi connectivity index (χ4v) is 5.48. The molecular formula is C10H24OSi. The maximum absolute atomic E-state index is 9.62. The average Bonchev–Trinajstić information content (AvgIpc) is 2.14. The molecule has 2 heteroatoms. The van der Waals surface area contributed by atoms with Gasteiger partial charge in [0, 0.05) is 0 Å². The molecule has 0 saturated heterocycles. The summed E-state index contributed by atoms with van der Waals surface area (Å²) in [7, 11) is -1.05. The van der Waals surface area contributed by atoms with Gasteiger partial charge in [0.2, 0.25) is 0 Å². The molecule has 0 heterocycles. The van der Waals surface area contributed by atoms with Crippen LogP contribution in [0.2, 0.25) is 24.2 Å². The molecule has 0 aliphatic carbocycles. The highest BCUT2D eigenvalue weighted by atomic mass is 28.3. The Bertz CT molecular complexity index is 102. The molecule has 74 valence electrons. The lowest BCUT2D eigenvalue weighted by molar-refractivity contribution is 0.188. The van der Waals surface area contributed by atoms with Crippen molar-refractivity contribution in [3.8, 4) is 0 Å². The molecule has 1 nitrogen and oxygen atoms in total. The van der Waals surface area contributed by atoms with E-state index < -0.39 is 8.07 Å². The molecule has 0 aromatic heterocycles. The first-order valence-corrected chi connectivity index (χ1v) is 8.15. The van der Waals surface area contributed by atoms with Gasteiger partial charge < -0.3 is 5.11 Å². The average molecular weight is 188 g/mol. The van der Waals surface area contributed by atoms with E-state index in [1.54, 1.807) is 0 Å². The van der Waals surface area contributed by atoms with Gasteiger partial charge in [0.15, 0.2) is 0 Å². The molecule has 0 aliphatic heterocycles. The quantitative estimate of drug-likeness (QED) is 0.634. The Labute approximate surface area is 78.2 Å². The zero-order valence-electron chi connectivity index (χ0n) is 9.06. The van der Waals surface area contributed by atoms with Crippen molar-refractivity contribution in [1.82, 2.24) is 0 Å². The number of aliphatic hydroxyl groups is 1. The third kappa shape index (κ3) is 3.28. The lowest BCUT2D eigenvalue weighted by atomic mass is 10.3. The van der Waals surface area contributed by atoms with Crippen molar-refractivity contribution < 1.29 is 5.11 Å². The molecule has 0 aliphatic rings. The van der Waals surface area contributed by atoms with E-state index in [2.05, 4.69) is 27.7 Å². The first kappa shape index (κ1) is 12.2. The van der Waals surface area contributed by atoms with Crippen LogP contribution >= 0.6 is 0 Å². The number of aliphatic hydroxyl groups excluding tert-OH is 1. The topological polar surface area (TPSA) is 20.2 Å². The summed E-state index contributed by atoms with van der Waals surface area (Å²) in [6, 6.07) is 5.11. The standard InChI is InChI=1S/C10H24OSi/c1-5-10(11)9-12(6-2,7-3)8-4/h10-11H,5-9H2,1-4H3. The van der Waals surface area contributed by atoms with Crippen molar-refractivity contribution in [2.75, 3.05) is 0 Å². The molecule has 0 fully saturated rings. The first-order chi connectivity index (χ1) is 5.64. The van der Waals surface area contributed by atoms with Crippen LogP contribution in [0.4, 0.5) is 0 Å². The van der Waals surface area contributed by atoms with Crippen LogP contribution in [-0.4, -0.2) is 19.3 Å². The Balaban J connectivity index is 4.09. The van der Waals surface area contributed by atoms with Crippen LogP contribution in [0.25, 0.3) is 0 Å². The summed E-state index contributed by atoms with van der Waals surface area (Å²) in [5.74, 6) is 0. The van der Waals surface area contributed by atoms with Crippen LogP contribution in [0.5, 0.6) is 0 Å². The summed E-state index contributed by atoms with van der Waals surface area (Å²) in [5, 5.41) is 9.62. The van der Waals surface area contributed by atoms with Gasteiger partial charge >= 0.3 is 0 Å². The molecule has 0 radical (unpaired) electrons. The molecule has 0 bridgehead atoms. The van der Waals surface area contributed by atoms with Crippen molar-refractivity contribution in [1.29, 1.82) is 0 Å². The lowest BCUT2D eigenvalue weighted by Gasteiger charge is -2.30. The Morgan fingerprint density at radius 3 is 1.67 bits per heavy atom. The van der Waals surface area contributed by atoms with Crippen LogP contribution in [0.15, 0.2) is 0 Å². The Morgan fingerprint density at radius 1 is 1.00 bits per heavy atom. The third-order valence-corrected chi connectivity index (χ3v) is 9.23. The summed E-state index contributed by atoms with van der Waals surface area (Å²) in [6.07, 6.45) is 0.894. The fraction of sp³-hybridized carbons (Fsp3) is 1.00. The zero-order valence-corrected chi connectivity index (χ0v) is 10.1. The Kier molecular flexibility index (Phi) is 5.84. The largest absolute Gasteiger partial charge is 0.393 e. The molecule has 0 aromatic rings. The van der Waals surface area contributed by atoms with Gasteiger partial charge in [-0.2, -0.15) is 0 Å². The second-order valence-electron chi connectivity index (χ2n) is 3.83. The van der Waals surface area contributed by atoms with E-state index in [1.165, 1.54) is 18.1 Å². The summed E-state index contributed by atoms with van der Waals surface area (Å²) >= 11 is 0. The van der Waals surface area contributed by atoms with E-state index in [-0.39, 0.29) is 6.10 Å². The van der Waals surface area contributed by atoms with E-state index in [0.717, 1.165) is 12.5 Å². The second-order valence-corrected chi connectivity index (χ2v) is 9.36. The highest BCUT2D eigenvalue weighted by molar-refractivity contribution is 6.79. The van der Waals surface area contributed by atoms with Crippen LogP contribution in [-0.2, 0) is 0 Å². The summed E-state index contributed by atoms with van der Waals surface area (Å²) < 4.78 is 0. The van der Waals surface area contributed by atoms with Gasteiger partial charge in [-0.1, -0.05) is 45.8 Å². The van der Waals surface area contributed by atoms with Gasteiger partial charge in [0.25, 0.3) is 0 Å². The summed E-state index contributed by atoms with van der Waals surface area (Å²) in [4.78, 5) is 0. The van der Waals surface area contributed by atoms with Crippen molar-refractivity contribution in [2.24, 2.45) is 0 Å². The van der Waals surface area contributed by atoms with Gasteiger partial charge in [-0.3, -0.25) is 0 Å². The number of hydrogen-bond donors (Lipinski definition) is 1. The van der Waals surface area contributed by atoms with E-state index in [1.807, 2.05) is 0 Å². The van der Waals surface area contributed by atoms with Gasteiger partial charge in [0.1, 0.15) is 0 Å². The highest BCUT2D eigenvalue weighted by Gasteiger charge is 2.28. The molecule has 1 atom stereocenters. The molecule has 0 saturated carbocycles. The predicted octanol–water partition coefficient (Wildman–Crippen LogP) is 3.27. The van der Waals surface area contributed by atoms with E-state index in [4.69, 9.17) is 0 Å². The third-order valence-electron chi connectivity index (χ3n) is 3.39. The van der Waals surface area contributed by atoms with Crippen LogP contribution in [0.3, 0.4) is 0 Å². The molecule has 1 N–H and O–H groups in total. The van der Waals surface area contributed by atoms with E-state index >= 15 is 0 Å². The van der Waals surface area contributed by atoms with E-state index in [0.29, 0.717) is 0 Å². The minimum absolute atomic E-state index is 0.0310.